The van der Waals surface area contributed by atoms with Crippen molar-refractivity contribution in [2.24, 2.45) is 5.92 Å². The van der Waals surface area contributed by atoms with Crippen molar-refractivity contribution in [3.8, 4) is 0 Å². The van der Waals surface area contributed by atoms with E-state index in [1.165, 1.54) is 31.7 Å². The molecule has 2 N–H and O–H groups in total. The number of alkyl halides is 3. The molecule has 0 bridgehead atoms. The highest BCUT2D eigenvalue weighted by Crippen LogP contribution is 2.36. The van der Waals surface area contributed by atoms with Crippen LogP contribution in [0.2, 0.25) is 5.02 Å². The first-order valence-electron chi connectivity index (χ1n) is 8.52. The van der Waals surface area contributed by atoms with Crippen LogP contribution in [0.5, 0.6) is 0 Å². The number of carbonyl (C=O) groups excluding carboxylic acids is 1. The van der Waals surface area contributed by atoms with Gasteiger partial charge in [-0.2, -0.15) is 13.2 Å². The average Bonchev–Trinajstić information content (AvgIpc) is 3.26. The van der Waals surface area contributed by atoms with Crippen molar-refractivity contribution in [1.82, 2.24) is 15.2 Å². The molecular weight excluding hydrogens is 401 g/mol. The molecular formula is C17H18ClF3N4OS. The van der Waals surface area contributed by atoms with E-state index < -0.39 is 22.7 Å². The number of aromatic nitrogens is 3. The first-order chi connectivity index (χ1) is 12.8. The van der Waals surface area contributed by atoms with Crippen LogP contribution >= 0.6 is 23.4 Å². The van der Waals surface area contributed by atoms with E-state index in [1.807, 2.05) is 0 Å². The standard InChI is InChI=1S/C17H18ClF3N4OS/c18-13-6-5-11(8-12(13)17(19,20)21)22-15(26)9-27-16-23-14(24-25-16)7-10-3-1-2-4-10/h5-6,8,10H,1-4,7,9H2,(H,22,26)(H,23,24,25). The van der Waals surface area contributed by atoms with E-state index in [9.17, 15) is 18.0 Å². The van der Waals surface area contributed by atoms with Crippen LogP contribution < -0.4 is 5.32 Å². The Morgan fingerprint density at radius 1 is 1.33 bits per heavy atom. The van der Waals surface area contributed by atoms with E-state index in [4.69, 9.17) is 11.6 Å². The molecule has 1 saturated carbocycles. The second-order valence-electron chi connectivity index (χ2n) is 6.45. The molecule has 1 heterocycles. The summed E-state index contributed by atoms with van der Waals surface area (Å²) in [5, 5.41) is 9.43. The molecule has 1 amide bonds. The van der Waals surface area contributed by atoms with Crippen molar-refractivity contribution >= 4 is 35.0 Å². The van der Waals surface area contributed by atoms with Gasteiger partial charge in [0.15, 0.2) is 0 Å². The number of H-pyrrole nitrogens is 1. The molecule has 146 valence electrons. The lowest BCUT2D eigenvalue weighted by atomic mass is 10.0. The predicted molar refractivity (Wildman–Crippen MR) is 97.9 cm³/mol. The zero-order valence-corrected chi connectivity index (χ0v) is 15.8. The number of hydrogen-bond donors (Lipinski definition) is 2. The van der Waals surface area contributed by atoms with Crippen LogP contribution in [-0.2, 0) is 17.4 Å². The Balaban J connectivity index is 1.52. The first kappa shape index (κ1) is 20.0. The monoisotopic (exact) mass is 418 g/mol. The van der Waals surface area contributed by atoms with Crippen LogP contribution in [0, 0.1) is 5.92 Å². The van der Waals surface area contributed by atoms with Crippen molar-refractivity contribution < 1.29 is 18.0 Å². The molecule has 0 spiro atoms. The average molecular weight is 419 g/mol. The summed E-state index contributed by atoms with van der Waals surface area (Å²) in [6.07, 6.45) is 1.17. The molecule has 1 fully saturated rings. The van der Waals surface area contributed by atoms with Crippen LogP contribution in [-0.4, -0.2) is 26.8 Å². The highest BCUT2D eigenvalue weighted by atomic mass is 35.5. The van der Waals surface area contributed by atoms with E-state index >= 15 is 0 Å². The summed E-state index contributed by atoms with van der Waals surface area (Å²) < 4.78 is 38.6. The number of halogens is 4. The van der Waals surface area contributed by atoms with Gasteiger partial charge >= 0.3 is 6.18 Å². The van der Waals surface area contributed by atoms with Gasteiger partial charge in [-0.3, -0.25) is 9.89 Å². The van der Waals surface area contributed by atoms with E-state index in [1.54, 1.807) is 0 Å². The normalized spacial score (nSPS) is 15.3. The number of nitrogens with one attached hydrogen (secondary N) is 2. The van der Waals surface area contributed by atoms with Gasteiger partial charge in [0.25, 0.3) is 0 Å². The van der Waals surface area contributed by atoms with Gasteiger partial charge in [0.2, 0.25) is 11.1 Å². The zero-order chi connectivity index (χ0) is 19.4. The summed E-state index contributed by atoms with van der Waals surface area (Å²) >= 11 is 6.69. The molecule has 0 atom stereocenters. The van der Waals surface area contributed by atoms with E-state index in [0.29, 0.717) is 11.1 Å². The van der Waals surface area contributed by atoms with Crippen LogP contribution in [0.15, 0.2) is 23.4 Å². The predicted octanol–water partition coefficient (Wildman–Crippen LogP) is 4.94. The number of anilines is 1. The van der Waals surface area contributed by atoms with Gasteiger partial charge in [0.05, 0.1) is 16.3 Å². The van der Waals surface area contributed by atoms with Crippen LogP contribution in [0.3, 0.4) is 0 Å². The molecule has 1 aromatic carbocycles. The van der Waals surface area contributed by atoms with E-state index in [0.717, 1.165) is 36.1 Å². The Bertz CT molecular complexity index is 806. The number of carbonyl (C=O) groups is 1. The van der Waals surface area contributed by atoms with Gasteiger partial charge in [-0.15, -0.1) is 5.10 Å². The maximum atomic E-state index is 12.9. The third-order valence-electron chi connectivity index (χ3n) is 4.36. The van der Waals surface area contributed by atoms with Gasteiger partial charge in [-0.1, -0.05) is 49.0 Å². The van der Waals surface area contributed by atoms with Crippen molar-refractivity contribution in [3.63, 3.8) is 0 Å². The minimum absolute atomic E-state index is 0.00923. The highest BCUT2D eigenvalue weighted by molar-refractivity contribution is 7.99. The molecule has 27 heavy (non-hydrogen) atoms. The quantitative estimate of drug-likeness (QED) is 0.652. The summed E-state index contributed by atoms with van der Waals surface area (Å²) in [5.74, 6) is 0.979. The molecule has 2 aromatic rings. The Labute approximate surface area is 163 Å². The second-order valence-corrected chi connectivity index (χ2v) is 7.80. The maximum absolute atomic E-state index is 12.9. The van der Waals surface area contributed by atoms with Crippen molar-refractivity contribution in [2.75, 3.05) is 11.1 Å². The molecule has 5 nitrogen and oxygen atoms in total. The zero-order valence-electron chi connectivity index (χ0n) is 14.3. The molecule has 0 unspecified atom stereocenters. The number of rotatable bonds is 6. The third kappa shape index (κ3) is 5.62. The number of hydrogen-bond acceptors (Lipinski definition) is 4. The van der Waals surface area contributed by atoms with Gasteiger partial charge < -0.3 is 5.32 Å². The Morgan fingerprint density at radius 3 is 2.78 bits per heavy atom. The molecule has 10 heteroatoms. The minimum atomic E-state index is -4.58. The topological polar surface area (TPSA) is 70.7 Å². The SMILES string of the molecule is O=C(CSc1n[nH]c(CC2CCCC2)n1)Nc1ccc(Cl)c(C(F)(F)F)c1. The lowest BCUT2D eigenvalue weighted by molar-refractivity contribution is -0.137. The fraction of sp³-hybridized carbons (Fsp3) is 0.471. The number of benzene rings is 1. The Morgan fingerprint density at radius 2 is 2.07 bits per heavy atom. The molecule has 3 rings (SSSR count). The van der Waals surface area contributed by atoms with Gasteiger partial charge in [0, 0.05) is 12.1 Å². The summed E-state index contributed by atoms with van der Waals surface area (Å²) in [7, 11) is 0. The summed E-state index contributed by atoms with van der Waals surface area (Å²) in [5.41, 5.74) is -0.950. The van der Waals surface area contributed by atoms with Crippen molar-refractivity contribution in [3.05, 3.63) is 34.6 Å². The summed E-state index contributed by atoms with van der Waals surface area (Å²) in [6.45, 7) is 0. The van der Waals surface area contributed by atoms with Gasteiger partial charge in [-0.25, -0.2) is 4.98 Å². The summed E-state index contributed by atoms with van der Waals surface area (Å²) in [4.78, 5) is 16.4. The minimum Gasteiger partial charge on any atom is -0.325 e. The molecule has 0 saturated heterocycles. The van der Waals surface area contributed by atoms with Crippen LogP contribution in [0.25, 0.3) is 0 Å². The lowest BCUT2D eigenvalue weighted by Gasteiger charge is -2.11. The number of amides is 1. The summed E-state index contributed by atoms with van der Waals surface area (Å²) in [6, 6.07) is 3.25. The second kappa shape index (κ2) is 8.52. The smallest absolute Gasteiger partial charge is 0.325 e. The van der Waals surface area contributed by atoms with Crippen LogP contribution in [0.1, 0.15) is 37.1 Å². The molecule has 0 radical (unpaired) electrons. The van der Waals surface area contributed by atoms with Gasteiger partial charge in [0.1, 0.15) is 5.82 Å². The van der Waals surface area contributed by atoms with Crippen molar-refractivity contribution in [2.45, 2.75) is 43.4 Å². The largest absolute Gasteiger partial charge is 0.417 e. The maximum Gasteiger partial charge on any atom is 0.417 e. The number of thioether (sulfide) groups is 1. The molecule has 1 aliphatic rings. The molecule has 1 aromatic heterocycles. The number of nitrogens with zero attached hydrogens (tertiary/aromatic N) is 2. The van der Waals surface area contributed by atoms with E-state index in [2.05, 4.69) is 20.5 Å². The molecule has 0 aliphatic heterocycles. The first-order valence-corrected chi connectivity index (χ1v) is 9.88. The fourth-order valence-corrected chi connectivity index (χ4v) is 3.91. The lowest BCUT2D eigenvalue weighted by Crippen LogP contribution is -2.15. The third-order valence-corrected chi connectivity index (χ3v) is 5.53. The van der Waals surface area contributed by atoms with E-state index in [-0.39, 0.29) is 11.4 Å². The Kier molecular flexibility index (Phi) is 6.31. The molecule has 1 aliphatic carbocycles. The van der Waals surface area contributed by atoms with Crippen LogP contribution in [0.4, 0.5) is 18.9 Å². The fourth-order valence-electron chi connectivity index (χ4n) is 3.07. The number of aromatic amines is 1. The van der Waals surface area contributed by atoms with Crippen molar-refractivity contribution in [1.29, 1.82) is 0 Å². The highest BCUT2D eigenvalue weighted by Gasteiger charge is 2.33. The Hall–Kier alpha value is -1.74. The van der Waals surface area contributed by atoms with Gasteiger partial charge in [-0.05, 0) is 24.1 Å².